The Morgan fingerprint density at radius 1 is 1.35 bits per heavy atom. The summed E-state index contributed by atoms with van der Waals surface area (Å²) in [6.07, 6.45) is 7.01. The Morgan fingerprint density at radius 2 is 2.12 bits per heavy atom. The summed E-state index contributed by atoms with van der Waals surface area (Å²) in [5, 5.41) is 10.0. The van der Waals surface area contributed by atoms with E-state index in [0.29, 0.717) is 17.9 Å². The van der Waals surface area contributed by atoms with Gasteiger partial charge in [-0.1, -0.05) is 13.3 Å². The smallest absolute Gasteiger partial charge is 0.0571 e. The second-order valence-electron chi connectivity index (χ2n) is 6.12. The SMILES string of the molecule is CCCCN1CC(N)CC(CC(O)C2CC2)C1. The minimum Gasteiger partial charge on any atom is -0.393 e. The number of hydrogen-bond acceptors (Lipinski definition) is 3. The van der Waals surface area contributed by atoms with Crippen LogP contribution in [0, 0.1) is 11.8 Å². The number of likely N-dealkylation sites (tertiary alicyclic amines) is 1. The van der Waals surface area contributed by atoms with Crippen LogP contribution in [-0.2, 0) is 0 Å². The first-order valence-corrected chi connectivity index (χ1v) is 7.35. The van der Waals surface area contributed by atoms with Gasteiger partial charge < -0.3 is 15.7 Å². The zero-order valence-corrected chi connectivity index (χ0v) is 11.1. The molecule has 0 aromatic rings. The highest BCUT2D eigenvalue weighted by Gasteiger charge is 2.33. The topological polar surface area (TPSA) is 49.5 Å². The molecular weight excluding hydrogens is 212 g/mol. The first-order chi connectivity index (χ1) is 8.19. The molecule has 3 N–H and O–H groups in total. The third-order valence-electron chi connectivity index (χ3n) is 4.21. The van der Waals surface area contributed by atoms with Gasteiger partial charge in [0.25, 0.3) is 0 Å². The summed E-state index contributed by atoms with van der Waals surface area (Å²) >= 11 is 0. The Labute approximate surface area is 105 Å². The van der Waals surface area contributed by atoms with E-state index in [1.807, 2.05) is 0 Å². The Kier molecular flexibility index (Phi) is 4.83. The highest BCUT2D eigenvalue weighted by molar-refractivity contribution is 4.87. The molecule has 0 aromatic carbocycles. The van der Waals surface area contributed by atoms with E-state index in [0.717, 1.165) is 25.9 Å². The van der Waals surface area contributed by atoms with Crippen molar-refractivity contribution >= 4 is 0 Å². The molecule has 2 rings (SSSR count). The zero-order chi connectivity index (χ0) is 12.3. The molecule has 2 fully saturated rings. The number of piperidine rings is 1. The average molecular weight is 240 g/mol. The number of hydrogen-bond donors (Lipinski definition) is 2. The van der Waals surface area contributed by atoms with E-state index in [4.69, 9.17) is 5.73 Å². The standard InChI is InChI=1S/C14H28N2O/c1-2-3-6-16-9-11(7-13(15)10-16)8-14(17)12-4-5-12/h11-14,17H,2-10,15H2,1H3. The molecule has 17 heavy (non-hydrogen) atoms. The molecule has 1 aliphatic carbocycles. The highest BCUT2D eigenvalue weighted by atomic mass is 16.3. The lowest BCUT2D eigenvalue weighted by Gasteiger charge is -2.37. The van der Waals surface area contributed by atoms with Gasteiger partial charge in [-0.15, -0.1) is 0 Å². The molecule has 0 radical (unpaired) electrons. The van der Waals surface area contributed by atoms with Gasteiger partial charge in [0, 0.05) is 19.1 Å². The minimum absolute atomic E-state index is 0.0571. The zero-order valence-electron chi connectivity index (χ0n) is 11.1. The van der Waals surface area contributed by atoms with E-state index in [9.17, 15) is 5.11 Å². The van der Waals surface area contributed by atoms with Crippen LogP contribution in [0.25, 0.3) is 0 Å². The monoisotopic (exact) mass is 240 g/mol. The van der Waals surface area contributed by atoms with Crippen molar-refractivity contribution in [3.05, 3.63) is 0 Å². The summed E-state index contributed by atoms with van der Waals surface area (Å²) in [7, 11) is 0. The predicted octanol–water partition coefficient (Wildman–Crippen LogP) is 1.60. The Bertz CT molecular complexity index is 230. The summed E-state index contributed by atoms with van der Waals surface area (Å²) in [6, 6.07) is 0.317. The molecule has 0 aromatic heterocycles. The van der Waals surface area contributed by atoms with Crippen LogP contribution in [0.4, 0.5) is 0 Å². The molecule has 1 saturated carbocycles. The van der Waals surface area contributed by atoms with E-state index in [1.54, 1.807) is 0 Å². The van der Waals surface area contributed by atoms with Crippen LogP contribution in [0.15, 0.2) is 0 Å². The largest absolute Gasteiger partial charge is 0.393 e. The van der Waals surface area contributed by atoms with Crippen LogP contribution >= 0.6 is 0 Å². The second kappa shape index (κ2) is 6.17. The van der Waals surface area contributed by atoms with E-state index in [2.05, 4.69) is 11.8 Å². The molecule has 0 amide bonds. The van der Waals surface area contributed by atoms with Crippen molar-refractivity contribution in [2.75, 3.05) is 19.6 Å². The van der Waals surface area contributed by atoms with Crippen molar-refractivity contribution in [1.82, 2.24) is 4.90 Å². The Balaban J connectivity index is 1.76. The van der Waals surface area contributed by atoms with Crippen LogP contribution in [0.3, 0.4) is 0 Å². The van der Waals surface area contributed by atoms with Crippen LogP contribution < -0.4 is 5.73 Å². The maximum absolute atomic E-state index is 10.0. The van der Waals surface area contributed by atoms with E-state index in [1.165, 1.54) is 32.2 Å². The average Bonchev–Trinajstić information content (AvgIpc) is 3.09. The van der Waals surface area contributed by atoms with E-state index in [-0.39, 0.29) is 6.10 Å². The van der Waals surface area contributed by atoms with Gasteiger partial charge in [-0.3, -0.25) is 0 Å². The maximum atomic E-state index is 10.0. The number of nitrogens with two attached hydrogens (primary N) is 1. The minimum atomic E-state index is -0.0571. The number of aliphatic hydroxyl groups is 1. The fourth-order valence-corrected chi connectivity index (χ4v) is 3.10. The van der Waals surface area contributed by atoms with Gasteiger partial charge in [0.15, 0.2) is 0 Å². The summed E-state index contributed by atoms with van der Waals surface area (Å²) in [5.74, 6) is 1.23. The molecule has 100 valence electrons. The lowest BCUT2D eigenvalue weighted by molar-refractivity contribution is 0.0802. The van der Waals surface area contributed by atoms with Gasteiger partial charge in [-0.2, -0.15) is 0 Å². The van der Waals surface area contributed by atoms with Crippen LogP contribution in [0.5, 0.6) is 0 Å². The second-order valence-corrected chi connectivity index (χ2v) is 6.12. The van der Waals surface area contributed by atoms with Gasteiger partial charge in [0.05, 0.1) is 6.10 Å². The molecule has 1 heterocycles. The quantitative estimate of drug-likeness (QED) is 0.741. The van der Waals surface area contributed by atoms with Crippen molar-refractivity contribution in [3.63, 3.8) is 0 Å². The van der Waals surface area contributed by atoms with E-state index >= 15 is 0 Å². The van der Waals surface area contributed by atoms with Gasteiger partial charge in [-0.05, 0) is 50.5 Å². The van der Waals surface area contributed by atoms with Crippen LogP contribution in [-0.4, -0.2) is 41.8 Å². The summed E-state index contributed by atoms with van der Waals surface area (Å²) < 4.78 is 0. The van der Waals surface area contributed by atoms with Crippen LogP contribution in [0.2, 0.25) is 0 Å². The third-order valence-corrected chi connectivity index (χ3v) is 4.21. The maximum Gasteiger partial charge on any atom is 0.0571 e. The number of aliphatic hydroxyl groups excluding tert-OH is 1. The predicted molar refractivity (Wildman–Crippen MR) is 70.8 cm³/mol. The van der Waals surface area contributed by atoms with Gasteiger partial charge in [0.1, 0.15) is 0 Å². The molecule has 0 bridgehead atoms. The fourth-order valence-electron chi connectivity index (χ4n) is 3.10. The molecule has 0 spiro atoms. The lowest BCUT2D eigenvalue weighted by atomic mass is 9.88. The number of rotatable bonds is 6. The van der Waals surface area contributed by atoms with Crippen molar-refractivity contribution in [2.45, 2.75) is 57.6 Å². The molecule has 3 atom stereocenters. The van der Waals surface area contributed by atoms with Crippen molar-refractivity contribution in [1.29, 1.82) is 0 Å². The third kappa shape index (κ3) is 4.23. The van der Waals surface area contributed by atoms with Gasteiger partial charge in [-0.25, -0.2) is 0 Å². The molecule has 1 aliphatic heterocycles. The van der Waals surface area contributed by atoms with E-state index < -0.39 is 0 Å². The highest BCUT2D eigenvalue weighted by Crippen LogP contribution is 2.36. The summed E-state index contributed by atoms with van der Waals surface area (Å²) in [5.41, 5.74) is 6.13. The van der Waals surface area contributed by atoms with Gasteiger partial charge >= 0.3 is 0 Å². The van der Waals surface area contributed by atoms with Crippen molar-refractivity contribution < 1.29 is 5.11 Å². The van der Waals surface area contributed by atoms with Crippen LogP contribution in [0.1, 0.15) is 45.4 Å². The van der Waals surface area contributed by atoms with Crippen molar-refractivity contribution in [2.24, 2.45) is 17.6 Å². The van der Waals surface area contributed by atoms with Crippen molar-refractivity contribution in [3.8, 4) is 0 Å². The normalized spacial score (nSPS) is 32.6. The molecule has 3 heteroatoms. The summed E-state index contributed by atoms with van der Waals surface area (Å²) in [6.45, 7) is 5.62. The fraction of sp³-hybridized carbons (Fsp3) is 1.00. The Hall–Kier alpha value is -0.120. The number of nitrogens with zero attached hydrogens (tertiary/aromatic N) is 1. The molecular formula is C14H28N2O. The molecule has 3 unspecified atom stereocenters. The summed E-state index contributed by atoms with van der Waals surface area (Å²) in [4.78, 5) is 2.50. The first-order valence-electron chi connectivity index (χ1n) is 7.35. The molecule has 2 aliphatic rings. The Morgan fingerprint density at radius 3 is 2.76 bits per heavy atom. The van der Waals surface area contributed by atoms with Gasteiger partial charge in [0.2, 0.25) is 0 Å². The molecule has 1 saturated heterocycles. The lowest BCUT2D eigenvalue weighted by Crippen LogP contribution is -2.47. The number of unbranched alkanes of at least 4 members (excludes halogenated alkanes) is 1. The first kappa shape index (κ1) is 13.3. The molecule has 3 nitrogen and oxygen atoms in total.